The van der Waals surface area contributed by atoms with E-state index < -0.39 is 15.7 Å². The summed E-state index contributed by atoms with van der Waals surface area (Å²) in [6.45, 7) is 0. The van der Waals surface area contributed by atoms with Crippen LogP contribution in [0.2, 0.25) is 5.02 Å². The second-order valence-corrected chi connectivity index (χ2v) is 8.60. The van der Waals surface area contributed by atoms with Crippen LogP contribution in [0.15, 0.2) is 45.1 Å². The largest absolute Gasteiger partial charge is 0.392 e. The zero-order valence-electron chi connectivity index (χ0n) is 14.5. The Kier molecular flexibility index (Phi) is 5.81. The summed E-state index contributed by atoms with van der Waals surface area (Å²) < 4.78 is 28.2. The van der Waals surface area contributed by atoms with E-state index in [0.717, 1.165) is 31.9 Å². The second-order valence-electron chi connectivity index (χ2n) is 6.21. The maximum Gasteiger partial charge on any atom is 0.279 e. The summed E-state index contributed by atoms with van der Waals surface area (Å²) >= 11 is 6.10. The van der Waals surface area contributed by atoms with E-state index in [9.17, 15) is 13.2 Å². The number of halogens is 1. The van der Waals surface area contributed by atoms with Crippen molar-refractivity contribution in [2.45, 2.75) is 36.7 Å². The van der Waals surface area contributed by atoms with Crippen LogP contribution >= 0.6 is 11.6 Å². The number of benzene rings is 1. The Morgan fingerprint density at radius 2 is 2.07 bits per heavy atom. The van der Waals surface area contributed by atoms with Gasteiger partial charge in [0.15, 0.2) is 21.4 Å². The summed E-state index contributed by atoms with van der Waals surface area (Å²) in [4.78, 5) is 18.1. The standard InChI is InChI=1S/C17H18ClN3O5S/c1-27(23,24)14-7-6-11(10-13(14)18)16(21-26-12-4-2-3-5-12)17(22)19-15-8-9-25-20-15/h6-10,12H,2-5H2,1H3,(H,19,20,22)/b21-16-. The number of sulfone groups is 1. The van der Waals surface area contributed by atoms with E-state index in [2.05, 4.69) is 15.6 Å². The molecule has 1 amide bonds. The summed E-state index contributed by atoms with van der Waals surface area (Å²) in [7, 11) is -3.49. The lowest BCUT2D eigenvalue weighted by Crippen LogP contribution is -2.25. The number of nitrogens with one attached hydrogen (secondary N) is 1. The van der Waals surface area contributed by atoms with Crippen LogP contribution in [0.1, 0.15) is 31.2 Å². The first-order chi connectivity index (χ1) is 12.8. The molecular formula is C17H18ClN3O5S. The molecule has 0 unspecified atom stereocenters. The van der Waals surface area contributed by atoms with Crippen molar-refractivity contribution in [1.82, 2.24) is 5.16 Å². The van der Waals surface area contributed by atoms with Crippen molar-refractivity contribution in [3.63, 3.8) is 0 Å². The molecule has 3 rings (SSSR count). The Labute approximate surface area is 161 Å². The number of nitrogens with zero attached hydrogens (tertiary/aromatic N) is 2. The van der Waals surface area contributed by atoms with Gasteiger partial charge in [0.25, 0.3) is 5.91 Å². The molecule has 0 saturated heterocycles. The van der Waals surface area contributed by atoms with E-state index in [1.807, 2.05) is 0 Å². The summed E-state index contributed by atoms with van der Waals surface area (Å²) in [6.07, 6.45) is 6.17. The van der Waals surface area contributed by atoms with Crippen molar-refractivity contribution in [3.8, 4) is 0 Å². The monoisotopic (exact) mass is 411 g/mol. The highest BCUT2D eigenvalue weighted by molar-refractivity contribution is 7.90. The minimum absolute atomic E-state index is 0.00203. The number of oxime groups is 1. The van der Waals surface area contributed by atoms with Crippen LogP contribution in [-0.2, 0) is 19.5 Å². The number of carbonyl (C=O) groups is 1. The average Bonchev–Trinajstić information content (AvgIpc) is 3.27. The van der Waals surface area contributed by atoms with E-state index in [-0.39, 0.29) is 27.6 Å². The average molecular weight is 412 g/mol. The van der Waals surface area contributed by atoms with Crippen molar-refractivity contribution >= 4 is 38.9 Å². The molecule has 0 aliphatic heterocycles. The molecule has 1 aromatic carbocycles. The van der Waals surface area contributed by atoms with Gasteiger partial charge in [-0.15, -0.1) is 0 Å². The molecule has 1 saturated carbocycles. The molecule has 2 aromatic rings. The Balaban J connectivity index is 1.91. The van der Waals surface area contributed by atoms with Crippen LogP contribution in [-0.4, -0.2) is 37.6 Å². The molecule has 10 heteroatoms. The molecule has 0 radical (unpaired) electrons. The summed E-state index contributed by atoms with van der Waals surface area (Å²) in [5.74, 6) is -0.363. The van der Waals surface area contributed by atoms with Crippen LogP contribution < -0.4 is 5.32 Å². The van der Waals surface area contributed by atoms with E-state index >= 15 is 0 Å². The van der Waals surface area contributed by atoms with Crippen molar-refractivity contribution in [3.05, 3.63) is 41.1 Å². The molecular weight excluding hydrogens is 394 g/mol. The smallest absolute Gasteiger partial charge is 0.279 e. The minimum Gasteiger partial charge on any atom is -0.392 e. The predicted octanol–water partition coefficient (Wildman–Crippen LogP) is 3.03. The highest BCUT2D eigenvalue weighted by Gasteiger charge is 2.22. The SMILES string of the molecule is CS(=O)(=O)c1ccc(/C(=N/OC2CCCC2)C(=O)Nc2ccon2)cc1Cl. The molecule has 8 nitrogen and oxygen atoms in total. The first-order valence-electron chi connectivity index (χ1n) is 8.30. The summed E-state index contributed by atoms with van der Waals surface area (Å²) in [5.41, 5.74) is 0.290. The first-order valence-corrected chi connectivity index (χ1v) is 10.6. The fraction of sp³-hybridized carbons (Fsp3) is 0.353. The fourth-order valence-corrected chi connectivity index (χ4v) is 4.08. The maximum absolute atomic E-state index is 12.6. The molecule has 1 aromatic heterocycles. The lowest BCUT2D eigenvalue weighted by Gasteiger charge is -2.11. The zero-order chi connectivity index (χ0) is 19.4. The number of amides is 1. The van der Waals surface area contributed by atoms with Gasteiger partial charge in [-0.05, 0) is 37.8 Å². The first kappa shape index (κ1) is 19.4. The fourth-order valence-electron chi connectivity index (χ4n) is 2.75. The molecule has 1 aliphatic carbocycles. The zero-order valence-corrected chi connectivity index (χ0v) is 16.1. The molecule has 1 fully saturated rings. The molecule has 1 heterocycles. The Bertz CT molecular complexity index is 951. The molecule has 0 bridgehead atoms. The van der Waals surface area contributed by atoms with Gasteiger partial charge in [0, 0.05) is 17.9 Å². The molecule has 1 aliphatic rings. The number of hydrogen-bond acceptors (Lipinski definition) is 7. The highest BCUT2D eigenvalue weighted by atomic mass is 35.5. The van der Waals surface area contributed by atoms with Crippen LogP contribution in [0.4, 0.5) is 5.82 Å². The molecule has 27 heavy (non-hydrogen) atoms. The van der Waals surface area contributed by atoms with Crippen LogP contribution in [0.3, 0.4) is 0 Å². The third-order valence-electron chi connectivity index (χ3n) is 4.09. The van der Waals surface area contributed by atoms with Gasteiger partial charge in [-0.25, -0.2) is 8.42 Å². The van der Waals surface area contributed by atoms with Gasteiger partial charge in [-0.1, -0.05) is 28.0 Å². The van der Waals surface area contributed by atoms with Crippen molar-refractivity contribution < 1.29 is 22.6 Å². The predicted molar refractivity (Wildman–Crippen MR) is 99.6 cm³/mol. The quantitative estimate of drug-likeness (QED) is 0.577. The maximum atomic E-state index is 12.6. The number of carbonyl (C=O) groups excluding carboxylic acids is 1. The van der Waals surface area contributed by atoms with Gasteiger partial charge in [-0.3, -0.25) is 4.79 Å². The third kappa shape index (κ3) is 4.86. The van der Waals surface area contributed by atoms with Gasteiger partial charge in [0.1, 0.15) is 12.4 Å². The van der Waals surface area contributed by atoms with Gasteiger partial charge in [-0.2, -0.15) is 0 Å². The van der Waals surface area contributed by atoms with Crippen molar-refractivity contribution in [2.75, 3.05) is 11.6 Å². The number of aromatic nitrogens is 1. The highest BCUT2D eigenvalue weighted by Crippen LogP contribution is 2.24. The topological polar surface area (TPSA) is 111 Å². The number of anilines is 1. The van der Waals surface area contributed by atoms with Crippen LogP contribution in [0.25, 0.3) is 0 Å². The third-order valence-corrected chi connectivity index (χ3v) is 5.67. The van der Waals surface area contributed by atoms with E-state index in [1.54, 1.807) is 0 Å². The van der Waals surface area contributed by atoms with E-state index in [0.29, 0.717) is 5.56 Å². The number of hydrogen-bond donors (Lipinski definition) is 1. The molecule has 1 N–H and O–H groups in total. The minimum atomic E-state index is -3.49. The summed E-state index contributed by atoms with van der Waals surface area (Å²) in [5, 5.41) is 10.2. The Morgan fingerprint density at radius 3 is 2.67 bits per heavy atom. The van der Waals surface area contributed by atoms with Gasteiger partial charge < -0.3 is 14.7 Å². The van der Waals surface area contributed by atoms with Gasteiger partial charge >= 0.3 is 0 Å². The van der Waals surface area contributed by atoms with Crippen molar-refractivity contribution in [2.24, 2.45) is 5.16 Å². The Hall–Kier alpha value is -2.39. The van der Waals surface area contributed by atoms with E-state index in [1.165, 1.54) is 30.5 Å². The van der Waals surface area contributed by atoms with Crippen LogP contribution in [0, 0.1) is 0 Å². The van der Waals surface area contributed by atoms with Crippen molar-refractivity contribution in [1.29, 1.82) is 0 Å². The molecule has 0 atom stereocenters. The van der Waals surface area contributed by atoms with Crippen LogP contribution in [0.5, 0.6) is 0 Å². The van der Waals surface area contributed by atoms with Gasteiger partial charge in [0.2, 0.25) is 0 Å². The second kappa shape index (κ2) is 8.10. The normalized spacial score (nSPS) is 15.7. The lowest BCUT2D eigenvalue weighted by atomic mass is 10.1. The molecule has 144 valence electrons. The lowest BCUT2D eigenvalue weighted by molar-refractivity contribution is -0.110. The summed E-state index contributed by atoms with van der Waals surface area (Å²) in [6, 6.07) is 5.65. The number of rotatable bonds is 6. The van der Waals surface area contributed by atoms with E-state index in [4.69, 9.17) is 21.0 Å². The van der Waals surface area contributed by atoms with Gasteiger partial charge in [0.05, 0.1) is 9.92 Å². The molecule has 0 spiro atoms. The Morgan fingerprint density at radius 1 is 1.33 bits per heavy atom.